The molecule has 3 aliphatic heterocycles. The van der Waals surface area contributed by atoms with Crippen LogP contribution in [0.5, 0.6) is 5.75 Å². The fourth-order valence-corrected chi connectivity index (χ4v) is 7.18. The molecule has 0 aromatic heterocycles. The van der Waals surface area contributed by atoms with Crippen LogP contribution >= 0.6 is 0 Å². The van der Waals surface area contributed by atoms with Crippen LogP contribution in [0.2, 0.25) is 0 Å². The van der Waals surface area contributed by atoms with Gasteiger partial charge in [-0.2, -0.15) is 4.31 Å². The largest absolute Gasteiger partial charge is 0.497 e. The predicted molar refractivity (Wildman–Crippen MR) is 125 cm³/mol. The Kier molecular flexibility index (Phi) is 6.28. The average molecular weight is 492 g/mol. The van der Waals surface area contributed by atoms with Gasteiger partial charge >= 0.3 is 0 Å². The number of anilines is 1. The number of hydrogen-bond donors (Lipinski definition) is 0. The van der Waals surface area contributed by atoms with E-state index in [1.807, 2.05) is 6.92 Å². The molecule has 1 atom stereocenters. The lowest BCUT2D eigenvalue weighted by Gasteiger charge is -2.52. The van der Waals surface area contributed by atoms with E-state index in [1.54, 1.807) is 30.3 Å². The minimum atomic E-state index is -3.81. The highest BCUT2D eigenvalue weighted by Gasteiger charge is 2.60. The van der Waals surface area contributed by atoms with Crippen LogP contribution in [0, 0.1) is 5.82 Å². The monoisotopic (exact) mass is 491 g/mol. The molecule has 0 N–H and O–H groups in total. The van der Waals surface area contributed by atoms with Gasteiger partial charge in [0.05, 0.1) is 25.2 Å². The first-order valence-corrected chi connectivity index (χ1v) is 13.1. The van der Waals surface area contributed by atoms with Gasteiger partial charge in [0.1, 0.15) is 17.7 Å². The fourth-order valence-electron chi connectivity index (χ4n) is 5.21. The van der Waals surface area contributed by atoms with Crippen LogP contribution in [0.1, 0.15) is 18.9 Å². The fraction of sp³-hybridized carbons (Fsp3) is 0.500. The molecule has 5 rings (SSSR count). The Morgan fingerprint density at radius 2 is 1.74 bits per heavy atom. The Morgan fingerprint density at radius 3 is 2.35 bits per heavy atom. The van der Waals surface area contributed by atoms with Gasteiger partial charge in [-0.25, -0.2) is 12.8 Å². The molecule has 2 aromatic carbocycles. The highest BCUT2D eigenvalue weighted by molar-refractivity contribution is 7.89. The Balaban J connectivity index is 1.53. The molecule has 3 aliphatic rings. The number of piperazine rings is 1. The van der Waals surface area contributed by atoms with E-state index in [4.69, 9.17) is 14.2 Å². The van der Waals surface area contributed by atoms with Crippen molar-refractivity contribution in [2.24, 2.45) is 0 Å². The zero-order chi connectivity index (χ0) is 23.9. The predicted octanol–water partition coefficient (Wildman–Crippen LogP) is 2.60. The normalized spacial score (nSPS) is 24.3. The van der Waals surface area contributed by atoms with E-state index in [9.17, 15) is 12.8 Å². The molecule has 2 aromatic rings. The van der Waals surface area contributed by atoms with Crippen molar-refractivity contribution in [2.75, 3.05) is 57.9 Å². The molecular formula is C24H30FN3O5S. The lowest BCUT2D eigenvalue weighted by molar-refractivity contribution is -0.241. The van der Waals surface area contributed by atoms with Gasteiger partial charge in [-0.1, -0.05) is 6.92 Å². The second kappa shape index (κ2) is 9.09. The minimum Gasteiger partial charge on any atom is -0.497 e. The Morgan fingerprint density at radius 1 is 1.06 bits per heavy atom. The molecular weight excluding hydrogens is 461 g/mol. The molecule has 1 spiro atoms. The maximum absolute atomic E-state index is 13.9. The van der Waals surface area contributed by atoms with Crippen molar-refractivity contribution in [3.8, 4) is 5.75 Å². The molecule has 1 unspecified atom stereocenters. The molecule has 0 bridgehead atoms. The van der Waals surface area contributed by atoms with Crippen molar-refractivity contribution in [3.05, 3.63) is 53.8 Å². The van der Waals surface area contributed by atoms with Crippen LogP contribution < -0.4 is 9.64 Å². The molecule has 3 heterocycles. The first-order valence-electron chi connectivity index (χ1n) is 11.6. The summed E-state index contributed by atoms with van der Waals surface area (Å²) in [5.41, 5.74) is 1.47. The van der Waals surface area contributed by atoms with E-state index in [2.05, 4.69) is 9.80 Å². The smallest absolute Gasteiger partial charge is 0.245 e. The summed E-state index contributed by atoms with van der Waals surface area (Å²) in [6.07, 6.45) is 0.0249. The number of halogens is 1. The van der Waals surface area contributed by atoms with Gasteiger partial charge in [0.15, 0.2) is 0 Å². The van der Waals surface area contributed by atoms with Crippen molar-refractivity contribution in [1.82, 2.24) is 9.21 Å². The maximum Gasteiger partial charge on any atom is 0.245 e. The number of nitrogens with zero attached hydrogens (tertiary/aromatic N) is 3. The Bertz CT molecular complexity index is 1130. The van der Waals surface area contributed by atoms with Crippen LogP contribution in [0.25, 0.3) is 0 Å². The average Bonchev–Trinajstić information content (AvgIpc) is 3.34. The summed E-state index contributed by atoms with van der Waals surface area (Å²) in [5.74, 6) is -1.00. The highest BCUT2D eigenvalue weighted by Crippen LogP contribution is 2.48. The third kappa shape index (κ3) is 3.77. The van der Waals surface area contributed by atoms with Crippen LogP contribution in [-0.4, -0.2) is 76.8 Å². The van der Waals surface area contributed by atoms with Gasteiger partial charge in [0.2, 0.25) is 15.8 Å². The SMILES string of the molecule is CCCN1C(N2CCN(c3ccc(F)cc3)CC2)C2(OCCO2)c2ccc(OC)cc2S1(=O)=O. The maximum atomic E-state index is 13.9. The lowest BCUT2D eigenvalue weighted by Crippen LogP contribution is -2.67. The molecule has 0 saturated carbocycles. The van der Waals surface area contributed by atoms with E-state index >= 15 is 0 Å². The molecule has 10 heteroatoms. The van der Waals surface area contributed by atoms with Crippen LogP contribution in [0.4, 0.5) is 10.1 Å². The molecule has 2 saturated heterocycles. The van der Waals surface area contributed by atoms with Crippen LogP contribution in [0.3, 0.4) is 0 Å². The quantitative estimate of drug-likeness (QED) is 0.637. The van der Waals surface area contributed by atoms with Gasteiger partial charge in [-0.3, -0.25) is 4.90 Å². The summed E-state index contributed by atoms with van der Waals surface area (Å²) < 4.78 is 60.5. The van der Waals surface area contributed by atoms with E-state index < -0.39 is 22.0 Å². The first-order chi connectivity index (χ1) is 16.4. The summed E-state index contributed by atoms with van der Waals surface area (Å²) >= 11 is 0. The van der Waals surface area contributed by atoms with Gasteiger partial charge in [0.25, 0.3) is 0 Å². The standard InChI is InChI=1S/C24H30FN3O5S/c1-3-10-28-23(27-13-11-26(12-14-27)19-6-4-18(25)5-7-19)24(32-15-16-33-24)21-9-8-20(31-2)17-22(21)34(28,29)30/h4-9,17,23H,3,10-16H2,1-2H3. The highest BCUT2D eigenvalue weighted by atomic mass is 32.2. The number of rotatable bonds is 5. The summed E-state index contributed by atoms with van der Waals surface area (Å²) in [7, 11) is -2.30. The number of ether oxygens (including phenoxy) is 3. The number of methoxy groups -OCH3 is 1. The molecule has 0 aliphatic carbocycles. The van der Waals surface area contributed by atoms with E-state index in [0.29, 0.717) is 63.7 Å². The van der Waals surface area contributed by atoms with Crippen molar-refractivity contribution >= 4 is 15.7 Å². The van der Waals surface area contributed by atoms with E-state index in [1.165, 1.54) is 23.5 Å². The number of benzene rings is 2. The summed E-state index contributed by atoms with van der Waals surface area (Å²) in [6, 6.07) is 11.5. The second-order valence-electron chi connectivity index (χ2n) is 8.72. The third-order valence-corrected chi connectivity index (χ3v) is 8.67. The Labute approximate surface area is 199 Å². The zero-order valence-corrected chi connectivity index (χ0v) is 20.3. The van der Waals surface area contributed by atoms with Crippen molar-refractivity contribution in [2.45, 2.75) is 30.2 Å². The molecule has 184 valence electrons. The van der Waals surface area contributed by atoms with Gasteiger partial charge in [0, 0.05) is 50.0 Å². The van der Waals surface area contributed by atoms with E-state index in [-0.39, 0.29) is 10.7 Å². The van der Waals surface area contributed by atoms with Crippen molar-refractivity contribution in [1.29, 1.82) is 0 Å². The zero-order valence-electron chi connectivity index (χ0n) is 19.4. The van der Waals surface area contributed by atoms with E-state index in [0.717, 1.165) is 5.69 Å². The van der Waals surface area contributed by atoms with Gasteiger partial charge < -0.3 is 19.1 Å². The summed E-state index contributed by atoms with van der Waals surface area (Å²) in [5, 5.41) is 0. The molecule has 8 nitrogen and oxygen atoms in total. The van der Waals surface area contributed by atoms with Crippen LogP contribution in [-0.2, 0) is 25.3 Å². The molecule has 0 amide bonds. The Hall–Kier alpha value is -2.24. The number of sulfonamides is 1. The molecule has 2 fully saturated rings. The van der Waals surface area contributed by atoms with Crippen molar-refractivity contribution < 1.29 is 27.0 Å². The molecule has 0 radical (unpaired) electrons. The first kappa shape index (κ1) is 23.5. The minimum absolute atomic E-state index is 0.170. The summed E-state index contributed by atoms with van der Waals surface area (Å²) in [4.78, 5) is 4.49. The second-order valence-corrected chi connectivity index (χ2v) is 10.6. The molecule has 34 heavy (non-hydrogen) atoms. The van der Waals surface area contributed by atoms with Gasteiger partial charge in [-0.15, -0.1) is 0 Å². The number of fused-ring (bicyclic) bond motifs is 2. The van der Waals surface area contributed by atoms with Crippen molar-refractivity contribution in [3.63, 3.8) is 0 Å². The lowest BCUT2D eigenvalue weighted by atomic mass is 9.99. The topological polar surface area (TPSA) is 71.6 Å². The third-order valence-electron chi connectivity index (χ3n) is 6.78. The number of hydrogen-bond acceptors (Lipinski definition) is 7. The van der Waals surface area contributed by atoms with Gasteiger partial charge in [-0.05, 0) is 42.8 Å². The van der Waals surface area contributed by atoms with Crippen LogP contribution in [0.15, 0.2) is 47.4 Å². The summed E-state index contributed by atoms with van der Waals surface area (Å²) in [6.45, 7) is 5.64.